The molecule has 0 unspecified atom stereocenters. The predicted molar refractivity (Wildman–Crippen MR) is 374 cm³/mol. The Balaban J connectivity index is 1.14. The van der Waals surface area contributed by atoms with Crippen LogP contribution in [0, 0.1) is 5.92 Å². The summed E-state index contributed by atoms with van der Waals surface area (Å²) in [5, 5.41) is 129. The highest BCUT2D eigenvalue weighted by Gasteiger charge is 2.51. The van der Waals surface area contributed by atoms with Crippen LogP contribution in [-0.4, -0.2) is 265 Å². The summed E-state index contributed by atoms with van der Waals surface area (Å²) in [6.07, 6.45) is -9.66. The summed E-state index contributed by atoms with van der Waals surface area (Å²) >= 11 is 0. The number of carbonyl (C=O) groups excluding carboxylic acids is 14. The highest BCUT2D eigenvalue weighted by atomic mass is 16.7. The van der Waals surface area contributed by atoms with Crippen LogP contribution >= 0.6 is 0 Å². The van der Waals surface area contributed by atoms with E-state index >= 15 is 0 Å². The molecule has 3 aromatic rings. The van der Waals surface area contributed by atoms with Gasteiger partial charge >= 0.3 is 0 Å². The van der Waals surface area contributed by atoms with Crippen LogP contribution in [0.5, 0.6) is 23.0 Å². The Kier molecular flexibility index (Phi) is 31.8. The third-order valence-corrected chi connectivity index (χ3v) is 18.8. The molecule has 6 rings (SSSR count). The quantitative estimate of drug-likeness (QED) is 0.0145. The van der Waals surface area contributed by atoms with Crippen molar-refractivity contribution >= 4 is 82.3 Å². The lowest BCUT2D eigenvalue weighted by atomic mass is 9.72. The normalized spacial score (nSPS) is 20.6. The third kappa shape index (κ3) is 21.9. The molecule has 0 bridgehead atoms. The molecule has 0 aromatic heterocycles. The van der Waals surface area contributed by atoms with Crippen LogP contribution in [0.3, 0.4) is 0 Å². The van der Waals surface area contributed by atoms with Gasteiger partial charge in [0.05, 0.1) is 80.9 Å². The molecule has 1 saturated heterocycles. The van der Waals surface area contributed by atoms with Crippen molar-refractivity contribution in [2.75, 3.05) is 46.7 Å². The number of ether oxygens (including phenoxy) is 3. The lowest BCUT2D eigenvalue weighted by molar-refractivity contribution is -0.249. The molecule has 0 saturated carbocycles. The van der Waals surface area contributed by atoms with Crippen LogP contribution < -0.4 is 75.5 Å². The third-order valence-electron chi connectivity index (χ3n) is 18.8. The van der Waals surface area contributed by atoms with Gasteiger partial charge in [-0.1, -0.05) is 44.5 Å². The number of aliphatic hydroxyl groups excluding tert-OH is 6. The van der Waals surface area contributed by atoms with Crippen molar-refractivity contribution in [3.63, 3.8) is 0 Å². The minimum atomic E-state index is -2.56. The first-order valence-corrected chi connectivity index (χ1v) is 34.8. The number of Topliss-reactive ketones (excluding diaryl/α,β-unsaturated/α-hetero) is 1. The average molecular weight is 1540 g/mol. The molecule has 40 nitrogen and oxygen atoms in total. The number of unbranched alkanes of at least 4 members (excludes halogenated alkanes) is 1. The Bertz CT molecular complexity index is 3880. The van der Waals surface area contributed by atoms with Crippen LogP contribution in [-0.2, 0) is 79.8 Å². The van der Waals surface area contributed by atoms with E-state index in [1.54, 1.807) is 13.8 Å². The maximum atomic E-state index is 14.4. The number of aromatic hydroxyl groups is 3. The number of hydrogen-bond acceptors (Lipinski definition) is 29. The summed E-state index contributed by atoms with van der Waals surface area (Å²) in [5.41, 5.74) is 17.1. The Hall–Kier alpha value is -10.4. The zero-order chi connectivity index (χ0) is 81.0. The Morgan fingerprint density at radius 2 is 1.15 bits per heavy atom. The number of fused-ring (bicyclic) bond motifs is 3. The van der Waals surface area contributed by atoms with E-state index in [1.807, 2.05) is 0 Å². The Morgan fingerprint density at radius 3 is 1.69 bits per heavy atom. The maximum absolute atomic E-state index is 14.4. The monoisotopic (exact) mass is 1540 g/mol. The molecule has 1 aliphatic heterocycles. The second kappa shape index (κ2) is 39.6. The van der Waals surface area contributed by atoms with Crippen molar-refractivity contribution in [1.82, 2.24) is 47.9 Å². The molecular formula is C69H95N13O27. The number of ketones is 3. The van der Waals surface area contributed by atoms with E-state index < -0.39 is 285 Å². The first-order valence-electron chi connectivity index (χ1n) is 34.8. The van der Waals surface area contributed by atoms with E-state index in [9.17, 15) is 118 Å². The molecule has 3 aromatic carbocycles. The zero-order valence-electron chi connectivity index (χ0n) is 59.9. The van der Waals surface area contributed by atoms with E-state index in [0.717, 1.165) is 0 Å². The fourth-order valence-corrected chi connectivity index (χ4v) is 12.5. The average Bonchev–Trinajstić information content (AvgIpc) is 0.710. The Labute approximate surface area is 622 Å². The highest BCUT2D eigenvalue weighted by molar-refractivity contribution is 6.31. The van der Waals surface area contributed by atoms with Gasteiger partial charge in [0.25, 0.3) is 0 Å². The number of hydrogen-bond donors (Lipinski definition) is 23. The fraction of sp³-hybridized carbons (Fsp3) is 0.536. The van der Waals surface area contributed by atoms with Gasteiger partial charge in [-0.25, -0.2) is 0 Å². The van der Waals surface area contributed by atoms with E-state index in [4.69, 9.17) is 37.1 Å². The standard InChI is InChI=1S/C69H95N13O27/c1-5-29(2)54(82-62(99)36(10-6-7-18-70)74-60(97)35(71)20-48(73)91)68(105)81-43(27-86)65(102)77-39(19-31-12-14-32(88)15-13-31)63(100)75-37(16-17-47(72)90)61(98)78-41(25-84)66(103)80-42(26-85)67(104)79-40(24-83)64(101)76-38-21-49(108-30(3)55(38)92)109-45-23-69(106,46(89)28-87)22-34-51(45)59(96)53-52(57(34)94)56(93)33-9-8-11-44(107-4)50(33)58(53)95/h8-9,11-15,29-30,35-43,45,49,54-55,83-88,92,94,96,106H,5-7,10,16-28,70-71H2,1-4H3,(H2,72,90)(H2,73,91)(H,74,97)(H,75,100)(H,76,101)(H,77,102)(H,78,98)(H,79,104)(H,80,103)(H,81,105)(H,82,99)/t29-,30-,35-,36-,37-,38-,39-,40-,41-,42-,43-,45-,49-,54-,55+,69-/m0/s1. The zero-order valence-corrected chi connectivity index (χ0v) is 59.9. The second-order valence-corrected chi connectivity index (χ2v) is 26.6. The summed E-state index contributed by atoms with van der Waals surface area (Å²) in [6, 6.07) is -8.06. The molecule has 1 heterocycles. The molecule has 16 atom stereocenters. The summed E-state index contributed by atoms with van der Waals surface area (Å²) in [5.74, 6) is -18.3. The number of nitrogens with two attached hydrogens (primary N) is 4. The Morgan fingerprint density at radius 1 is 0.633 bits per heavy atom. The summed E-state index contributed by atoms with van der Waals surface area (Å²) < 4.78 is 17.4. The number of carbonyl (C=O) groups is 14. The number of amides is 11. The number of rotatable bonds is 40. The summed E-state index contributed by atoms with van der Waals surface area (Å²) in [7, 11) is 1.22. The van der Waals surface area contributed by atoms with Crippen LogP contribution in [0.2, 0.25) is 0 Å². The number of phenolic OH excluding ortho intramolecular Hbond substituents is 3. The second-order valence-electron chi connectivity index (χ2n) is 26.6. The molecule has 40 heteroatoms. The van der Waals surface area contributed by atoms with Gasteiger partial charge in [0, 0.05) is 48.8 Å². The van der Waals surface area contributed by atoms with Gasteiger partial charge in [-0.05, 0) is 68.8 Å². The van der Waals surface area contributed by atoms with Crippen molar-refractivity contribution in [2.24, 2.45) is 28.9 Å². The number of nitrogens with one attached hydrogen (secondary N) is 9. The number of aliphatic hydroxyl groups is 7. The minimum Gasteiger partial charge on any atom is -0.508 e. The van der Waals surface area contributed by atoms with E-state index in [1.165, 1.54) is 56.5 Å². The SMILES string of the molecule is CC[C@H](C)[C@H](NC(=O)[C@H](CCCCN)NC(=O)[C@@H](N)CC(N)=O)C(=O)N[C@@H](CO)C(=O)N[C@@H](Cc1ccc(O)cc1)C(=O)N[C@@H](CCC(N)=O)C(=O)N[C@@H](CO)C(=O)N[C@@H](CO)C(=O)N[C@@H](CO)C(=O)N[C@H]1C[C@H](O[C@H]2C[C@](O)(C(=O)CO)Cc3c(O)c4c(c(O)c32)C(=O)c2c(OC)cccc2C4=O)O[C@@H](C)[C@H]1O. The summed E-state index contributed by atoms with van der Waals surface area (Å²) in [6.45, 7) is -1.33. The number of benzene rings is 3. The number of methoxy groups -OCH3 is 1. The molecule has 3 aliphatic rings. The first kappa shape index (κ1) is 87.5. The molecular weight excluding hydrogens is 1440 g/mol. The molecule has 0 radical (unpaired) electrons. The van der Waals surface area contributed by atoms with Crippen LogP contribution in [0.4, 0.5) is 0 Å². The lowest BCUT2D eigenvalue weighted by Crippen LogP contribution is -2.62. The molecule has 1 fully saturated rings. The fourth-order valence-electron chi connectivity index (χ4n) is 12.5. The van der Waals surface area contributed by atoms with Gasteiger partial charge in [-0.15, -0.1) is 0 Å². The molecule has 598 valence electrons. The number of primary amides is 2. The minimum absolute atomic E-state index is 0.000775. The van der Waals surface area contributed by atoms with Gasteiger partial charge in [0.1, 0.15) is 89.6 Å². The lowest BCUT2D eigenvalue weighted by Gasteiger charge is -2.43. The van der Waals surface area contributed by atoms with E-state index in [-0.39, 0.29) is 53.1 Å². The van der Waals surface area contributed by atoms with Gasteiger partial charge < -0.3 is 136 Å². The maximum Gasteiger partial charge on any atom is 0.245 e. The highest BCUT2D eigenvalue weighted by Crippen LogP contribution is 2.53. The summed E-state index contributed by atoms with van der Waals surface area (Å²) in [4.78, 5) is 190. The van der Waals surface area contributed by atoms with Crippen LogP contribution in [0.1, 0.15) is 133 Å². The largest absolute Gasteiger partial charge is 0.508 e. The van der Waals surface area contributed by atoms with Gasteiger partial charge in [-0.3, -0.25) is 67.1 Å². The van der Waals surface area contributed by atoms with Gasteiger partial charge in [-0.2, -0.15) is 0 Å². The van der Waals surface area contributed by atoms with E-state index in [2.05, 4.69) is 47.9 Å². The van der Waals surface area contributed by atoms with Crippen molar-refractivity contribution in [3.8, 4) is 23.0 Å². The van der Waals surface area contributed by atoms with Crippen molar-refractivity contribution in [3.05, 3.63) is 81.4 Å². The van der Waals surface area contributed by atoms with Crippen LogP contribution in [0.15, 0.2) is 42.5 Å². The van der Waals surface area contributed by atoms with Gasteiger partial charge in [0.15, 0.2) is 17.9 Å². The van der Waals surface area contributed by atoms with Crippen molar-refractivity contribution in [2.45, 2.75) is 182 Å². The molecule has 2 aliphatic carbocycles. The van der Waals surface area contributed by atoms with Gasteiger partial charge in [0.2, 0.25) is 70.8 Å². The molecule has 11 amide bonds. The predicted octanol–water partition coefficient (Wildman–Crippen LogP) is -8.40. The number of phenols is 3. The topological polar surface area (TPSA) is 681 Å². The van der Waals surface area contributed by atoms with Crippen molar-refractivity contribution in [1.29, 1.82) is 0 Å². The first-order chi connectivity index (χ1) is 51.5. The molecule has 27 N–H and O–H groups in total. The van der Waals surface area contributed by atoms with E-state index in [0.29, 0.717) is 12.8 Å². The van der Waals surface area contributed by atoms with Crippen molar-refractivity contribution < 1.29 is 132 Å². The smallest absolute Gasteiger partial charge is 0.245 e. The van der Waals surface area contributed by atoms with Crippen LogP contribution in [0.25, 0.3) is 0 Å². The molecule has 109 heavy (non-hydrogen) atoms. The molecule has 0 spiro atoms.